The molecule has 0 bridgehead atoms. The summed E-state index contributed by atoms with van der Waals surface area (Å²) in [5.41, 5.74) is 0.729. The number of sulfonamides is 1. The molecule has 146 valence electrons. The second kappa shape index (κ2) is 8.36. The van der Waals surface area contributed by atoms with Crippen molar-refractivity contribution in [3.05, 3.63) is 48.3 Å². The maximum atomic E-state index is 12.2. The number of nitrogens with zero attached hydrogens (tertiary/aromatic N) is 1. The number of aryl methyl sites for hydroxylation is 1. The van der Waals surface area contributed by atoms with E-state index in [0.29, 0.717) is 11.4 Å². The molecule has 0 unspecified atom stereocenters. The highest BCUT2D eigenvalue weighted by Gasteiger charge is 2.21. The van der Waals surface area contributed by atoms with Gasteiger partial charge in [0, 0.05) is 25.0 Å². The molecule has 0 fully saturated rings. The SMILES string of the molecule is CC(C)NS(=O)(=O)c1ccc(NC(=O)[C@H](C)OC(=O)c2cccn2C)cc1. The van der Waals surface area contributed by atoms with Crippen LogP contribution in [0.25, 0.3) is 0 Å². The minimum atomic E-state index is -3.60. The van der Waals surface area contributed by atoms with Crippen molar-refractivity contribution in [1.82, 2.24) is 9.29 Å². The third-order valence-corrected chi connectivity index (χ3v) is 5.30. The zero-order valence-corrected chi connectivity index (χ0v) is 16.4. The lowest BCUT2D eigenvalue weighted by atomic mass is 10.3. The summed E-state index contributed by atoms with van der Waals surface area (Å²) >= 11 is 0. The largest absolute Gasteiger partial charge is 0.448 e. The van der Waals surface area contributed by atoms with Crippen molar-refractivity contribution in [3.8, 4) is 0 Å². The van der Waals surface area contributed by atoms with Crippen molar-refractivity contribution < 1.29 is 22.7 Å². The van der Waals surface area contributed by atoms with Gasteiger partial charge in [-0.15, -0.1) is 0 Å². The van der Waals surface area contributed by atoms with Gasteiger partial charge in [-0.05, 0) is 57.2 Å². The Labute approximate surface area is 158 Å². The molecule has 27 heavy (non-hydrogen) atoms. The molecule has 9 heteroatoms. The van der Waals surface area contributed by atoms with Crippen LogP contribution in [0.1, 0.15) is 31.3 Å². The van der Waals surface area contributed by atoms with Gasteiger partial charge in [-0.25, -0.2) is 17.9 Å². The van der Waals surface area contributed by atoms with E-state index in [1.54, 1.807) is 43.8 Å². The normalized spacial score (nSPS) is 12.6. The van der Waals surface area contributed by atoms with Crippen molar-refractivity contribution in [1.29, 1.82) is 0 Å². The molecular formula is C18H23N3O5S. The number of benzene rings is 1. The summed E-state index contributed by atoms with van der Waals surface area (Å²) < 4.78 is 33.4. The van der Waals surface area contributed by atoms with E-state index in [1.165, 1.54) is 31.2 Å². The summed E-state index contributed by atoms with van der Waals surface area (Å²) in [6, 6.07) is 8.79. The van der Waals surface area contributed by atoms with Crippen LogP contribution in [0.2, 0.25) is 0 Å². The molecule has 2 aromatic rings. The van der Waals surface area contributed by atoms with E-state index < -0.39 is 28.0 Å². The van der Waals surface area contributed by atoms with E-state index in [1.807, 2.05) is 0 Å². The van der Waals surface area contributed by atoms with Crippen molar-refractivity contribution in [3.63, 3.8) is 0 Å². The standard InChI is InChI=1S/C18H23N3O5S/c1-12(2)20-27(24,25)15-9-7-14(8-10-15)19-17(22)13(3)26-18(23)16-6-5-11-21(16)4/h5-13,20H,1-4H3,(H,19,22)/t13-/m0/s1. The van der Waals surface area contributed by atoms with Crippen LogP contribution in [0.4, 0.5) is 5.69 Å². The summed E-state index contributed by atoms with van der Waals surface area (Å²) in [5.74, 6) is -1.13. The minimum absolute atomic E-state index is 0.0948. The molecule has 1 aromatic carbocycles. The van der Waals surface area contributed by atoms with E-state index in [-0.39, 0.29) is 10.9 Å². The molecule has 2 N–H and O–H groups in total. The average molecular weight is 393 g/mol. The van der Waals surface area contributed by atoms with E-state index in [2.05, 4.69) is 10.0 Å². The molecule has 0 spiro atoms. The second-order valence-corrected chi connectivity index (χ2v) is 8.06. The number of amides is 1. The van der Waals surface area contributed by atoms with Gasteiger partial charge in [-0.2, -0.15) is 0 Å². The van der Waals surface area contributed by atoms with Gasteiger partial charge in [-0.1, -0.05) is 0 Å². The fourth-order valence-electron chi connectivity index (χ4n) is 2.29. The third-order valence-electron chi connectivity index (χ3n) is 3.63. The molecule has 1 amide bonds. The Morgan fingerprint density at radius 2 is 1.70 bits per heavy atom. The summed E-state index contributed by atoms with van der Waals surface area (Å²) in [5, 5.41) is 2.59. The predicted molar refractivity (Wildman–Crippen MR) is 101 cm³/mol. The zero-order chi connectivity index (χ0) is 20.2. The first kappa shape index (κ1) is 20.7. The van der Waals surface area contributed by atoms with Crippen molar-refractivity contribution in [2.45, 2.75) is 37.8 Å². The van der Waals surface area contributed by atoms with Crippen molar-refractivity contribution >= 4 is 27.6 Å². The van der Waals surface area contributed by atoms with Gasteiger partial charge in [0.15, 0.2) is 6.10 Å². The lowest BCUT2D eigenvalue weighted by Gasteiger charge is -2.14. The van der Waals surface area contributed by atoms with E-state index in [4.69, 9.17) is 4.74 Å². The monoisotopic (exact) mass is 393 g/mol. The highest BCUT2D eigenvalue weighted by Crippen LogP contribution is 2.15. The van der Waals surface area contributed by atoms with Gasteiger partial charge in [0.05, 0.1) is 4.90 Å². The number of esters is 1. The van der Waals surface area contributed by atoms with Crippen molar-refractivity contribution in [2.75, 3.05) is 5.32 Å². The fourth-order valence-corrected chi connectivity index (χ4v) is 3.54. The van der Waals surface area contributed by atoms with Gasteiger partial charge < -0.3 is 14.6 Å². The van der Waals surface area contributed by atoms with Crippen LogP contribution >= 0.6 is 0 Å². The van der Waals surface area contributed by atoms with Gasteiger partial charge >= 0.3 is 5.97 Å². The van der Waals surface area contributed by atoms with Crippen LogP contribution in [0, 0.1) is 0 Å². The Balaban J connectivity index is 1.99. The molecule has 0 aliphatic carbocycles. The molecule has 0 aliphatic heterocycles. The number of aromatic nitrogens is 1. The van der Waals surface area contributed by atoms with Crippen LogP contribution < -0.4 is 10.0 Å². The number of hydrogen-bond acceptors (Lipinski definition) is 5. The summed E-state index contributed by atoms with van der Waals surface area (Å²) in [4.78, 5) is 24.3. The maximum Gasteiger partial charge on any atom is 0.355 e. The Bertz CT molecular complexity index is 917. The highest BCUT2D eigenvalue weighted by molar-refractivity contribution is 7.89. The number of carbonyl (C=O) groups excluding carboxylic acids is 2. The van der Waals surface area contributed by atoms with Crippen LogP contribution in [0.3, 0.4) is 0 Å². The third kappa shape index (κ3) is 5.41. The molecule has 0 saturated carbocycles. The zero-order valence-electron chi connectivity index (χ0n) is 15.6. The van der Waals surface area contributed by atoms with Crippen LogP contribution in [0.5, 0.6) is 0 Å². The molecule has 0 radical (unpaired) electrons. The smallest absolute Gasteiger partial charge is 0.355 e. The number of nitrogens with one attached hydrogen (secondary N) is 2. The van der Waals surface area contributed by atoms with E-state index >= 15 is 0 Å². The first-order chi connectivity index (χ1) is 12.6. The molecule has 1 aromatic heterocycles. The molecule has 2 rings (SSSR count). The lowest BCUT2D eigenvalue weighted by molar-refractivity contribution is -0.123. The first-order valence-corrected chi connectivity index (χ1v) is 9.84. The minimum Gasteiger partial charge on any atom is -0.448 e. The predicted octanol–water partition coefficient (Wildman–Crippen LogP) is 1.90. The average Bonchev–Trinajstić information content (AvgIpc) is 3.00. The Hall–Kier alpha value is -2.65. The number of hydrogen-bond donors (Lipinski definition) is 2. The lowest BCUT2D eigenvalue weighted by Crippen LogP contribution is -2.31. The molecule has 0 saturated heterocycles. The van der Waals surface area contributed by atoms with Crippen LogP contribution in [0.15, 0.2) is 47.5 Å². The quantitative estimate of drug-likeness (QED) is 0.699. The number of carbonyl (C=O) groups is 2. The molecule has 8 nitrogen and oxygen atoms in total. The maximum absolute atomic E-state index is 12.2. The fraction of sp³-hybridized carbons (Fsp3) is 0.333. The second-order valence-electron chi connectivity index (χ2n) is 6.34. The Morgan fingerprint density at radius 3 is 2.22 bits per heavy atom. The van der Waals surface area contributed by atoms with Crippen LogP contribution in [-0.2, 0) is 26.6 Å². The first-order valence-electron chi connectivity index (χ1n) is 8.35. The van der Waals surface area contributed by atoms with Gasteiger partial charge in [0.2, 0.25) is 10.0 Å². The topological polar surface area (TPSA) is 107 Å². The summed E-state index contributed by atoms with van der Waals surface area (Å²) in [7, 11) is -1.90. The van der Waals surface area contributed by atoms with E-state index in [9.17, 15) is 18.0 Å². The number of anilines is 1. The Morgan fingerprint density at radius 1 is 1.07 bits per heavy atom. The number of rotatable bonds is 7. The van der Waals surface area contributed by atoms with Gasteiger partial charge in [-0.3, -0.25) is 4.79 Å². The molecule has 1 atom stereocenters. The molecule has 1 heterocycles. The molecule has 0 aliphatic rings. The van der Waals surface area contributed by atoms with Crippen molar-refractivity contribution in [2.24, 2.45) is 7.05 Å². The summed E-state index contributed by atoms with van der Waals surface area (Å²) in [6.07, 6.45) is 0.684. The number of ether oxygens (including phenoxy) is 1. The van der Waals surface area contributed by atoms with Crippen LogP contribution in [-0.4, -0.2) is 37.0 Å². The summed E-state index contributed by atoms with van der Waals surface area (Å²) in [6.45, 7) is 4.91. The van der Waals surface area contributed by atoms with Gasteiger partial charge in [0.1, 0.15) is 5.69 Å². The van der Waals surface area contributed by atoms with Gasteiger partial charge in [0.25, 0.3) is 5.91 Å². The molecular weight excluding hydrogens is 370 g/mol. The highest BCUT2D eigenvalue weighted by atomic mass is 32.2. The van der Waals surface area contributed by atoms with E-state index in [0.717, 1.165) is 0 Å². The Kier molecular flexibility index (Phi) is 6.40.